The van der Waals surface area contributed by atoms with Crippen molar-refractivity contribution in [1.29, 1.82) is 0 Å². The maximum atomic E-state index is 12.8. The Labute approximate surface area is 147 Å². The molecule has 4 rings (SSSR count). The molecule has 0 unspecified atom stereocenters. The van der Waals surface area contributed by atoms with Gasteiger partial charge in [0.1, 0.15) is 5.52 Å². The first kappa shape index (κ1) is 16.5. The minimum atomic E-state index is -0.164. The molecule has 0 saturated carbocycles. The van der Waals surface area contributed by atoms with Gasteiger partial charge in [0.25, 0.3) is 5.91 Å². The van der Waals surface area contributed by atoms with Gasteiger partial charge in [-0.05, 0) is 32.8 Å². The molecule has 2 aliphatic rings. The normalized spacial score (nSPS) is 20.4. The van der Waals surface area contributed by atoms with Crippen molar-refractivity contribution in [2.45, 2.75) is 44.9 Å². The Kier molecular flexibility index (Phi) is 4.21. The average Bonchev–Trinajstić information content (AvgIpc) is 3.02. The molecular weight excluding hydrogens is 318 g/mol. The zero-order valence-corrected chi connectivity index (χ0v) is 14.8. The third-order valence-corrected chi connectivity index (χ3v) is 5.37. The van der Waals surface area contributed by atoms with Crippen LogP contribution in [0.4, 0.5) is 0 Å². The average molecular weight is 343 g/mol. The number of hydrogen-bond donors (Lipinski definition) is 1. The van der Waals surface area contributed by atoms with Gasteiger partial charge in [0.15, 0.2) is 5.65 Å². The molecule has 25 heavy (non-hydrogen) atoms. The molecule has 2 aromatic heterocycles. The number of fused-ring (bicyclic) bond motifs is 1. The Morgan fingerprint density at radius 1 is 1.24 bits per heavy atom. The number of aliphatic hydroxyl groups excluding tert-OH is 1. The SMILES string of the molecule is CC(C)n1cnc2cc(C(=O)N3CCC(N4CC(O)C4)CC3)cnc21. The summed E-state index contributed by atoms with van der Waals surface area (Å²) < 4.78 is 2.01. The summed E-state index contributed by atoms with van der Waals surface area (Å²) in [4.78, 5) is 25.9. The molecule has 2 aromatic rings. The highest BCUT2D eigenvalue weighted by Gasteiger charge is 2.34. The lowest BCUT2D eigenvalue weighted by Gasteiger charge is -2.45. The number of amides is 1. The van der Waals surface area contributed by atoms with Gasteiger partial charge < -0.3 is 14.6 Å². The fourth-order valence-corrected chi connectivity index (χ4v) is 3.82. The predicted molar refractivity (Wildman–Crippen MR) is 94.4 cm³/mol. The van der Waals surface area contributed by atoms with Crippen molar-refractivity contribution in [2.75, 3.05) is 26.2 Å². The van der Waals surface area contributed by atoms with E-state index >= 15 is 0 Å². The smallest absolute Gasteiger partial charge is 0.255 e. The fraction of sp³-hybridized carbons (Fsp3) is 0.611. The first-order chi connectivity index (χ1) is 12.0. The van der Waals surface area contributed by atoms with Crippen LogP contribution in [-0.2, 0) is 0 Å². The third-order valence-electron chi connectivity index (χ3n) is 5.37. The molecule has 0 aromatic carbocycles. The molecule has 0 spiro atoms. The number of carbonyl (C=O) groups is 1. The Morgan fingerprint density at radius 3 is 2.60 bits per heavy atom. The zero-order chi connectivity index (χ0) is 17.6. The summed E-state index contributed by atoms with van der Waals surface area (Å²) in [5.74, 6) is 0.0376. The standard InChI is InChI=1S/C18H25N5O2/c1-12(2)23-11-20-16-7-13(8-19-17(16)23)18(25)21-5-3-14(4-6-21)22-9-15(24)10-22/h7-8,11-12,14-15,24H,3-6,9-10H2,1-2H3. The van der Waals surface area contributed by atoms with E-state index in [9.17, 15) is 9.90 Å². The second-order valence-corrected chi connectivity index (χ2v) is 7.44. The predicted octanol–water partition coefficient (Wildman–Crippen LogP) is 1.29. The summed E-state index contributed by atoms with van der Waals surface area (Å²) in [7, 11) is 0. The molecule has 1 amide bonds. The molecule has 7 heteroatoms. The maximum Gasteiger partial charge on any atom is 0.255 e. The van der Waals surface area contributed by atoms with Crippen LogP contribution in [-0.4, -0.2) is 73.7 Å². The lowest BCUT2D eigenvalue weighted by atomic mass is 9.98. The summed E-state index contributed by atoms with van der Waals surface area (Å²) in [6, 6.07) is 2.63. The molecule has 0 aliphatic carbocycles. The molecular formula is C18H25N5O2. The van der Waals surface area contributed by atoms with Crippen molar-refractivity contribution in [3.8, 4) is 0 Å². The molecule has 2 fully saturated rings. The number of hydrogen-bond acceptors (Lipinski definition) is 5. The number of aliphatic hydroxyl groups is 1. The molecule has 1 N–H and O–H groups in total. The molecule has 0 atom stereocenters. The number of carbonyl (C=O) groups excluding carboxylic acids is 1. The Balaban J connectivity index is 1.43. The minimum Gasteiger partial charge on any atom is -0.390 e. The van der Waals surface area contributed by atoms with Crippen molar-refractivity contribution in [3.63, 3.8) is 0 Å². The van der Waals surface area contributed by atoms with Crippen molar-refractivity contribution in [3.05, 3.63) is 24.2 Å². The number of imidazole rings is 1. The van der Waals surface area contributed by atoms with Crippen LogP contribution in [0.1, 0.15) is 43.1 Å². The van der Waals surface area contributed by atoms with Gasteiger partial charge in [-0.1, -0.05) is 0 Å². The van der Waals surface area contributed by atoms with Crippen molar-refractivity contribution >= 4 is 17.1 Å². The lowest BCUT2D eigenvalue weighted by molar-refractivity contribution is -0.0381. The number of rotatable bonds is 3. The van der Waals surface area contributed by atoms with Gasteiger partial charge in [0.05, 0.1) is 18.0 Å². The van der Waals surface area contributed by atoms with Crippen LogP contribution >= 0.6 is 0 Å². The highest BCUT2D eigenvalue weighted by Crippen LogP contribution is 2.23. The van der Waals surface area contributed by atoms with E-state index in [1.165, 1.54) is 0 Å². The summed E-state index contributed by atoms with van der Waals surface area (Å²) in [6.45, 7) is 7.24. The number of pyridine rings is 1. The maximum absolute atomic E-state index is 12.8. The van der Waals surface area contributed by atoms with Crippen LogP contribution in [0, 0.1) is 0 Å². The van der Waals surface area contributed by atoms with E-state index in [1.807, 2.05) is 15.5 Å². The second-order valence-electron chi connectivity index (χ2n) is 7.44. The van der Waals surface area contributed by atoms with Crippen LogP contribution < -0.4 is 0 Å². The fourth-order valence-electron chi connectivity index (χ4n) is 3.82. The van der Waals surface area contributed by atoms with Gasteiger partial charge in [-0.3, -0.25) is 9.69 Å². The van der Waals surface area contributed by atoms with Crippen LogP contribution in [0.15, 0.2) is 18.6 Å². The van der Waals surface area contributed by atoms with Gasteiger partial charge in [-0.25, -0.2) is 9.97 Å². The molecule has 0 radical (unpaired) electrons. The quantitative estimate of drug-likeness (QED) is 0.909. The van der Waals surface area contributed by atoms with Gasteiger partial charge >= 0.3 is 0 Å². The highest BCUT2D eigenvalue weighted by molar-refractivity contribution is 5.96. The monoisotopic (exact) mass is 343 g/mol. The van der Waals surface area contributed by atoms with Crippen LogP contribution in [0.5, 0.6) is 0 Å². The first-order valence-electron chi connectivity index (χ1n) is 9.07. The highest BCUT2D eigenvalue weighted by atomic mass is 16.3. The molecule has 0 bridgehead atoms. The number of β-amino-alcohol motifs (C(OH)–C–C–N with tert-alkyl or cyclic N) is 1. The first-order valence-corrected chi connectivity index (χ1v) is 9.07. The van der Waals surface area contributed by atoms with Gasteiger partial charge in [0, 0.05) is 44.5 Å². The van der Waals surface area contributed by atoms with Gasteiger partial charge in [-0.2, -0.15) is 0 Å². The summed E-state index contributed by atoms with van der Waals surface area (Å²) >= 11 is 0. The lowest BCUT2D eigenvalue weighted by Crippen LogP contribution is -2.58. The Bertz CT molecular complexity index is 773. The summed E-state index contributed by atoms with van der Waals surface area (Å²) in [6.07, 6.45) is 5.22. The van der Waals surface area contributed by atoms with E-state index in [1.54, 1.807) is 12.5 Å². The minimum absolute atomic E-state index is 0.0376. The molecule has 4 heterocycles. The molecule has 2 saturated heterocycles. The summed E-state index contributed by atoms with van der Waals surface area (Å²) in [5, 5.41) is 9.44. The second kappa shape index (κ2) is 6.38. The van der Waals surface area contributed by atoms with Crippen LogP contribution in [0.25, 0.3) is 11.2 Å². The van der Waals surface area contributed by atoms with Crippen molar-refractivity contribution in [1.82, 2.24) is 24.3 Å². The zero-order valence-electron chi connectivity index (χ0n) is 14.8. The van der Waals surface area contributed by atoms with E-state index in [0.717, 1.165) is 50.2 Å². The van der Waals surface area contributed by atoms with E-state index in [2.05, 4.69) is 28.7 Å². The van der Waals surface area contributed by atoms with E-state index < -0.39 is 0 Å². The molecule has 7 nitrogen and oxygen atoms in total. The molecule has 2 aliphatic heterocycles. The largest absolute Gasteiger partial charge is 0.390 e. The van der Waals surface area contributed by atoms with Crippen molar-refractivity contribution < 1.29 is 9.90 Å². The van der Waals surface area contributed by atoms with Crippen LogP contribution in [0.2, 0.25) is 0 Å². The van der Waals surface area contributed by atoms with Crippen LogP contribution in [0.3, 0.4) is 0 Å². The summed E-state index contributed by atoms with van der Waals surface area (Å²) in [5.41, 5.74) is 2.20. The topological polar surface area (TPSA) is 74.5 Å². The third kappa shape index (κ3) is 3.02. The Hall–Kier alpha value is -1.99. The van der Waals surface area contributed by atoms with E-state index in [4.69, 9.17) is 0 Å². The van der Waals surface area contributed by atoms with E-state index in [-0.39, 0.29) is 18.1 Å². The van der Waals surface area contributed by atoms with E-state index in [0.29, 0.717) is 11.6 Å². The van der Waals surface area contributed by atoms with Gasteiger partial charge in [-0.15, -0.1) is 0 Å². The number of aromatic nitrogens is 3. The molecule has 134 valence electrons. The number of nitrogens with zero attached hydrogens (tertiary/aromatic N) is 5. The number of likely N-dealkylation sites (tertiary alicyclic amines) is 2. The Morgan fingerprint density at radius 2 is 1.96 bits per heavy atom. The van der Waals surface area contributed by atoms with Crippen molar-refractivity contribution in [2.24, 2.45) is 0 Å². The number of piperidine rings is 1. The van der Waals surface area contributed by atoms with Gasteiger partial charge in [0.2, 0.25) is 0 Å².